The fraction of sp³-hybridized carbons (Fsp3) is 0.923. The van der Waals surface area contributed by atoms with Crippen LogP contribution in [0, 0.1) is 0 Å². The lowest BCUT2D eigenvalue weighted by Crippen LogP contribution is -2.48. The van der Waals surface area contributed by atoms with Crippen LogP contribution in [0.2, 0.25) is 6.04 Å². The van der Waals surface area contributed by atoms with E-state index in [4.69, 9.17) is 33.2 Å². The summed E-state index contributed by atoms with van der Waals surface area (Å²) in [6.45, 7) is 2.85. The molecule has 0 aromatic rings. The summed E-state index contributed by atoms with van der Waals surface area (Å²) in [5.74, 6) is 0. The summed E-state index contributed by atoms with van der Waals surface area (Å²) < 4.78 is 32.7. The quantitative estimate of drug-likeness (QED) is 0.296. The van der Waals surface area contributed by atoms with Crippen molar-refractivity contribution in [2.75, 3.05) is 67.5 Å². The van der Waals surface area contributed by atoms with Crippen molar-refractivity contribution in [1.82, 2.24) is 5.32 Å². The average Bonchev–Trinajstić information content (AvgIpc) is 2.52. The molecule has 0 saturated heterocycles. The highest BCUT2D eigenvalue weighted by Crippen LogP contribution is 2.18. The van der Waals surface area contributed by atoms with E-state index in [2.05, 4.69) is 5.32 Å². The number of hydrogen-bond acceptors (Lipinski definition) is 7. The number of methoxy groups -OCH3 is 3. The molecule has 0 atom stereocenters. The molecule has 23 heavy (non-hydrogen) atoms. The minimum Gasteiger partial charge on any atom is -0.382 e. The van der Waals surface area contributed by atoms with Gasteiger partial charge < -0.3 is 38.5 Å². The smallest absolute Gasteiger partial charge is 0.382 e. The standard InChI is InChI=1S/C13H30N2O7Si/c1-17-6-9-20-23(21-10-7-18-2,22-11-8-19-3)12-4-5-15-13(14)16/h4-12H2,1-3H3,(H3,14,15,16). The molecular formula is C13H30N2O7Si. The zero-order valence-electron chi connectivity index (χ0n) is 14.3. The van der Waals surface area contributed by atoms with Gasteiger partial charge in [0.1, 0.15) is 0 Å². The van der Waals surface area contributed by atoms with Crippen molar-refractivity contribution in [2.45, 2.75) is 12.5 Å². The molecule has 0 unspecified atom stereocenters. The lowest BCUT2D eigenvalue weighted by molar-refractivity contribution is 0.0144. The van der Waals surface area contributed by atoms with Gasteiger partial charge in [-0.15, -0.1) is 0 Å². The summed E-state index contributed by atoms with van der Waals surface area (Å²) in [6, 6.07) is -0.0112. The van der Waals surface area contributed by atoms with E-state index < -0.39 is 14.8 Å². The maximum Gasteiger partial charge on any atom is 0.501 e. The Hall–Kier alpha value is -0.753. The van der Waals surface area contributed by atoms with E-state index in [-0.39, 0.29) is 0 Å². The monoisotopic (exact) mass is 354 g/mol. The second-order valence-electron chi connectivity index (χ2n) is 4.60. The van der Waals surface area contributed by atoms with Gasteiger partial charge in [-0.05, 0) is 6.42 Å². The predicted octanol–water partition coefficient (Wildman–Crippen LogP) is -0.0273. The van der Waals surface area contributed by atoms with E-state index in [0.29, 0.717) is 58.7 Å². The molecule has 0 aliphatic heterocycles. The Morgan fingerprint density at radius 3 is 1.65 bits per heavy atom. The molecule has 9 nitrogen and oxygen atoms in total. The number of ether oxygens (including phenoxy) is 3. The molecule has 10 heteroatoms. The highest BCUT2D eigenvalue weighted by atomic mass is 28.4. The first-order chi connectivity index (χ1) is 11.1. The number of primary amides is 1. The van der Waals surface area contributed by atoms with Crippen molar-refractivity contribution < 1.29 is 32.3 Å². The Balaban J connectivity index is 4.61. The zero-order chi connectivity index (χ0) is 17.4. The maximum atomic E-state index is 10.7. The fourth-order valence-corrected chi connectivity index (χ4v) is 4.18. The third-order valence-corrected chi connectivity index (χ3v) is 5.69. The van der Waals surface area contributed by atoms with Gasteiger partial charge in [0.2, 0.25) is 0 Å². The van der Waals surface area contributed by atoms with Crippen LogP contribution < -0.4 is 11.1 Å². The number of carbonyl (C=O) groups is 1. The number of carbonyl (C=O) groups excluding carboxylic acids is 1. The highest BCUT2D eigenvalue weighted by Gasteiger charge is 2.40. The number of urea groups is 1. The van der Waals surface area contributed by atoms with E-state index >= 15 is 0 Å². The summed E-state index contributed by atoms with van der Waals surface area (Å²) in [5, 5.41) is 2.54. The summed E-state index contributed by atoms with van der Waals surface area (Å²) >= 11 is 0. The van der Waals surface area contributed by atoms with Crippen molar-refractivity contribution in [3.8, 4) is 0 Å². The lowest BCUT2D eigenvalue weighted by atomic mass is 10.5. The van der Waals surface area contributed by atoms with Gasteiger partial charge in [0.25, 0.3) is 0 Å². The first-order valence-corrected chi connectivity index (χ1v) is 9.45. The Bertz CT molecular complexity index is 271. The normalized spacial score (nSPS) is 11.6. The minimum atomic E-state index is -2.91. The van der Waals surface area contributed by atoms with Crippen LogP contribution in [0.15, 0.2) is 0 Å². The Morgan fingerprint density at radius 1 is 0.870 bits per heavy atom. The van der Waals surface area contributed by atoms with Gasteiger partial charge in [-0.2, -0.15) is 0 Å². The van der Waals surface area contributed by atoms with Crippen LogP contribution in [0.1, 0.15) is 6.42 Å². The molecule has 0 aliphatic rings. The van der Waals surface area contributed by atoms with E-state index in [1.807, 2.05) is 0 Å². The molecule has 0 spiro atoms. The van der Waals surface area contributed by atoms with Crippen molar-refractivity contribution in [1.29, 1.82) is 0 Å². The van der Waals surface area contributed by atoms with Crippen molar-refractivity contribution in [2.24, 2.45) is 5.73 Å². The number of nitrogens with two attached hydrogens (primary N) is 1. The molecule has 2 amide bonds. The Labute approximate surface area is 139 Å². The number of hydrogen-bond donors (Lipinski definition) is 2. The third kappa shape index (κ3) is 12.3. The maximum absolute atomic E-state index is 10.7. The van der Waals surface area contributed by atoms with Crippen molar-refractivity contribution in [3.63, 3.8) is 0 Å². The topological polar surface area (TPSA) is 111 Å². The van der Waals surface area contributed by atoms with Crippen LogP contribution in [0.25, 0.3) is 0 Å². The lowest BCUT2D eigenvalue weighted by Gasteiger charge is -2.29. The third-order valence-electron chi connectivity index (χ3n) is 2.79. The molecule has 138 valence electrons. The predicted molar refractivity (Wildman–Crippen MR) is 86.2 cm³/mol. The van der Waals surface area contributed by atoms with Crippen LogP contribution in [-0.2, 0) is 27.5 Å². The van der Waals surface area contributed by atoms with Gasteiger partial charge >= 0.3 is 14.8 Å². The van der Waals surface area contributed by atoms with Crippen LogP contribution in [0.3, 0.4) is 0 Å². The molecule has 0 aromatic carbocycles. The van der Waals surface area contributed by atoms with E-state index in [9.17, 15) is 4.79 Å². The Kier molecular flexibility index (Phi) is 14.3. The fourth-order valence-electron chi connectivity index (χ4n) is 1.70. The molecular weight excluding hydrogens is 324 g/mol. The average molecular weight is 354 g/mol. The van der Waals surface area contributed by atoms with E-state index in [0.717, 1.165) is 0 Å². The largest absolute Gasteiger partial charge is 0.501 e. The van der Waals surface area contributed by atoms with Gasteiger partial charge in [0.05, 0.1) is 39.6 Å². The second kappa shape index (κ2) is 14.8. The molecule has 0 aliphatic carbocycles. The van der Waals surface area contributed by atoms with Crippen molar-refractivity contribution >= 4 is 14.8 Å². The van der Waals surface area contributed by atoms with Gasteiger partial charge in [0.15, 0.2) is 0 Å². The molecule has 0 fully saturated rings. The number of nitrogens with one attached hydrogen (secondary N) is 1. The number of rotatable bonds is 16. The van der Waals surface area contributed by atoms with Crippen LogP contribution in [-0.4, -0.2) is 82.4 Å². The van der Waals surface area contributed by atoms with Gasteiger partial charge in [0, 0.05) is 33.9 Å². The van der Waals surface area contributed by atoms with Crippen LogP contribution in [0.4, 0.5) is 4.79 Å². The molecule has 0 heterocycles. The Morgan fingerprint density at radius 2 is 1.30 bits per heavy atom. The minimum absolute atomic E-state index is 0.367. The molecule has 0 radical (unpaired) electrons. The summed E-state index contributed by atoms with van der Waals surface area (Å²) in [4.78, 5) is 10.7. The first kappa shape index (κ1) is 22.2. The zero-order valence-corrected chi connectivity index (χ0v) is 15.3. The first-order valence-electron chi connectivity index (χ1n) is 7.52. The molecule has 0 saturated carbocycles. The molecule has 0 aromatic heterocycles. The van der Waals surface area contributed by atoms with Gasteiger partial charge in [-0.25, -0.2) is 4.79 Å². The van der Waals surface area contributed by atoms with E-state index in [1.165, 1.54) is 0 Å². The molecule has 0 rings (SSSR count). The second-order valence-corrected chi connectivity index (χ2v) is 7.33. The van der Waals surface area contributed by atoms with Gasteiger partial charge in [-0.3, -0.25) is 0 Å². The summed E-state index contributed by atoms with van der Waals surface area (Å²) in [7, 11) is 1.88. The SMILES string of the molecule is COCCO[Si](CCCNC(N)=O)(OCCOC)OCCOC. The highest BCUT2D eigenvalue weighted by molar-refractivity contribution is 6.60. The molecule has 0 bridgehead atoms. The molecule has 3 N–H and O–H groups in total. The summed E-state index contributed by atoms with van der Waals surface area (Å²) in [6.07, 6.45) is 0.627. The summed E-state index contributed by atoms with van der Waals surface area (Å²) in [5.41, 5.74) is 5.05. The van der Waals surface area contributed by atoms with E-state index in [1.54, 1.807) is 21.3 Å². The van der Waals surface area contributed by atoms with Gasteiger partial charge in [-0.1, -0.05) is 0 Å². The van der Waals surface area contributed by atoms with Crippen LogP contribution >= 0.6 is 0 Å². The van der Waals surface area contributed by atoms with Crippen LogP contribution in [0.5, 0.6) is 0 Å². The van der Waals surface area contributed by atoms with Crippen molar-refractivity contribution in [3.05, 3.63) is 0 Å². The number of amides is 2.